The zero-order valence-corrected chi connectivity index (χ0v) is 13.5. The second-order valence-corrected chi connectivity index (χ2v) is 5.35. The molecule has 22 heavy (non-hydrogen) atoms. The van der Waals surface area contributed by atoms with Crippen molar-refractivity contribution >= 4 is 28.9 Å². The van der Waals surface area contributed by atoms with Crippen LogP contribution >= 0.6 is 11.6 Å². The molecule has 122 valence electrons. The van der Waals surface area contributed by atoms with Crippen molar-refractivity contribution in [3.05, 3.63) is 22.2 Å². The average molecular weight is 332 g/mol. The van der Waals surface area contributed by atoms with Crippen molar-refractivity contribution in [3.63, 3.8) is 0 Å². The van der Waals surface area contributed by atoms with Gasteiger partial charge in [-0.2, -0.15) is 0 Å². The van der Waals surface area contributed by atoms with E-state index in [0.717, 1.165) is 0 Å². The molecular formula is C13H18ClN3O5. The van der Waals surface area contributed by atoms with Gasteiger partial charge in [0.2, 0.25) is 5.91 Å². The van der Waals surface area contributed by atoms with Gasteiger partial charge in [-0.1, -0.05) is 0 Å². The molecule has 0 atom stereocenters. The molecule has 0 aliphatic rings. The normalized spacial score (nSPS) is 10.8. The van der Waals surface area contributed by atoms with E-state index in [4.69, 9.17) is 21.1 Å². The lowest BCUT2D eigenvalue weighted by atomic mass is 9.96. The van der Waals surface area contributed by atoms with Gasteiger partial charge in [-0.05, 0) is 13.8 Å². The number of rotatable bonds is 7. The Morgan fingerprint density at radius 1 is 1.32 bits per heavy atom. The number of carbonyl (C=O) groups is 1. The van der Waals surface area contributed by atoms with Crippen molar-refractivity contribution < 1.29 is 19.2 Å². The van der Waals surface area contributed by atoms with Gasteiger partial charge in [0.25, 0.3) is 5.69 Å². The standard InChI is InChI=1S/C13H18ClN3O5/c1-13(2,7-14)12(18)16-15-8-5-10(21-3)11(22-4)6-9(8)17(19)20/h5-6,15H,7H2,1-4H3,(H,16,18). The van der Waals surface area contributed by atoms with Crippen LogP contribution in [0.25, 0.3) is 0 Å². The number of hydrogen-bond donors (Lipinski definition) is 2. The highest BCUT2D eigenvalue weighted by Gasteiger charge is 2.27. The van der Waals surface area contributed by atoms with Gasteiger partial charge in [0.1, 0.15) is 5.69 Å². The summed E-state index contributed by atoms with van der Waals surface area (Å²) in [4.78, 5) is 22.5. The Bertz CT molecular complexity index is 577. The molecule has 0 fully saturated rings. The molecule has 0 aromatic heterocycles. The molecule has 0 heterocycles. The molecule has 0 aliphatic heterocycles. The van der Waals surface area contributed by atoms with Gasteiger partial charge in [-0.3, -0.25) is 25.8 Å². The molecule has 2 N–H and O–H groups in total. The van der Waals surface area contributed by atoms with Gasteiger partial charge < -0.3 is 9.47 Å². The highest BCUT2D eigenvalue weighted by Crippen LogP contribution is 2.37. The number of nitrogens with zero attached hydrogens (tertiary/aromatic N) is 1. The number of ether oxygens (including phenoxy) is 2. The van der Waals surface area contributed by atoms with E-state index in [9.17, 15) is 14.9 Å². The van der Waals surface area contributed by atoms with Crippen LogP contribution in [-0.2, 0) is 4.79 Å². The Labute approximate surface area is 132 Å². The maximum Gasteiger partial charge on any atom is 0.298 e. The van der Waals surface area contributed by atoms with Crippen LogP contribution < -0.4 is 20.3 Å². The molecule has 0 aliphatic carbocycles. The van der Waals surface area contributed by atoms with Gasteiger partial charge >= 0.3 is 0 Å². The number of methoxy groups -OCH3 is 2. The molecule has 1 aromatic carbocycles. The first-order valence-electron chi connectivity index (χ1n) is 6.29. The van der Waals surface area contributed by atoms with E-state index in [1.54, 1.807) is 13.8 Å². The smallest absolute Gasteiger partial charge is 0.298 e. The van der Waals surface area contributed by atoms with Gasteiger partial charge in [0.05, 0.1) is 30.6 Å². The Hall–Kier alpha value is -2.22. The van der Waals surface area contributed by atoms with Crippen LogP contribution in [0.3, 0.4) is 0 Å². The van der Waals surface area contributed by atoms with E-state index in [0.29, 0.717) is 5.75 Å². The van der Waals surface area contributed by atoms with Crippen molar-refractivity contribution in [3.8, 4) is 11.5 Å². The molecular weight excluding hydrogens is 314 g/mol. The summed E-state index contributed by atoms with van der Waals surface area (Å²) in [5.74, 6) is 0.217. The van der Waals surface area contributed by atoms with Crippen LogP contribution in [0.5, 0.6) is 11.5 Å². The number of anilines is 1. The van der Waals surface area contributed by atoms with Crippen molar-refractivity contribution in [1.82, 2.24) is 5.43 Å². The molecule has 0 unspecified atom stereocenters. The SMILES string of the molecule is COc1cc(NNC(=O)C(C)(C)CCl)c([N+](=O)[O-])cc1OC. The van der Waals surface area contributed by atoms with E-state index < -0.39 is 16.2 Å². The zero-order valence-electron chi connectivity index (χ0n) is 12.7. The second kappa shape index (κ2) is 7.17. The predicted molar refractivity (Wildman–Crippen MR) is 82.5 cm³/mol. The number of benzene rings is 1. The van der Waals surface area contributed by atoms with E-state index in [1.165, 1.54) is 26.4 Å². The first-order valence-corrected chi connectivity index (χ1v) is 6.83. The van der Waals surface area contributed by atoms with E-state index in [-0.39, 0.29) is 23.0 Å². The Balaban J connectivity index is 3.08. The molecule has 0 bridgehead atoms. The number of amides is 1. The molecule has 0 spiro atoms. The number of nitro benzene ring substituents is 1. The first-order chi connectivity index (χ1) is 10.3. The van der Waals surface area contributed by atoms with Gasteiger partial charge in [0, 0.05) is 11.9 Å². The van der Waals surface area contributed by atoms with Crippen LogP contribution in [0.4, 0.5) is 11.4 Å². The van der Waals surface area contributed by atoms with E-state index in [2.05, 4.69) is 10.9 Å². The van der Waals surface area contributed by atoms with Crippen molar-refractivity contribution in [1.29, 1.82) is 0 Å². The molecule has 0 saturated heterocycles. The number of carbonyl (C=O) groups excluding carboxylic acids is 1. The molecule has 1 amide bonds. The molecule has 1 aromatic rings. The Kier molecular flexibility index (Phi) is 5.81. The summed E-state index contributed by atoms with van der Waals surface area (Å²) in [5, 5.41) is 11.1. The summed E-state index contributed by atoms with van der Waals surface area (Å²) < 4.78 is 10.1. The van der Waals surface area contributed by atoms with Crippen LogP contribution in [0.1, 0.15) is 13.8 Å². The average Bonchev–Trinajstić information content (AvgIpc) is 2.51. The van der Waals surface area contributed by atoms with Crippen LogP contribution in [0, 0.1) is 15.5 Å². The van der Waals surface area contributed by atoms with E-state index in [1.807, 2.05) is 0 Å². The molecule has 8 nitrogen and oxygen atoms in total. The zero-order chi connectivity index (χ0) is 16.9. The Morgan fingerprint density at radius 3 is 2.32 bits per heavy atom. The summed E-state index contributed by atoms with van der Waals surface area (Å²) in [6.07, 6.45) is 0. The van der Waals surface area contributed by atoms with Crippen LogP contribution in [-0.4, -0.2) is 30.9 Å². The maximum atomic E-state index is 11.9. The lowest BCUT2D eigenvalue weighted by Crippen LogP contribution is -2.41. The highest BCUT2D eigenvalue weighted by atomic mass is 35.5. The minimum absolute atomic E-state index is 0.0707. The highest BCUT2D eigenvalue weighted by molar-refractivity contribution is 6.19. The number of hydrogen-bond acceptors (Lipinski definition) is 6. The fourth-order valence-corrected chi connectivity index (χ4v) is 1.59. The maximum absolute atomic E-state index is 11.9. The lowest BCUT2D eigenvalue weighted by Gasteiger charge is -2.21. The van der Waals surface area contributed by atoms with Gasteiger partial charge in [0.15, 0.2) is 11.5 Å². The van der Waals surface area contributed by atoms with Gasteiger partial charge in [-0.15, -0.1) is 11.6 Å². The summed E-state index contributed by atoms with van der Waals surface area (Å²) in [5.41, 5.74) is 3.91. The molecule has 1 rings (SSSR count). The summed E-state index contributed by atoms with van der Waals surface area (Å²) in [7, 11) is 2.78. The summed E-state index contributed by atoms with van der Waals surface area (Å²) >= 11 is 5.71. The number of halogens is 1. The quantitative estimate of drug-likeness (QED) is 0.451. The summed E-state index contributed by atoms with van der Waals surface area (Å²) in [6, 6.07) is 2.57. The Morgan fingerprint density at radius 2 is 1.86 bits per heavy atom. The number of nitro groups is 1. The van der Waals surface area contributed by atoms with Crippen LogP contribution in [0.15, 0.2) is 12.1 Å². The fraction of sp³-hybridized carbons (Fsp3) is 0.462. The summed E-state index contributed by atoms with van der Waals surface area (Å²) in [6.45, 7) is 3.31. The third-order valence-electron chi connectivity index (χ3n) is 2.96. The molecule has 0 radical (unpaired) electrons. The third-order valence-corrected chi connectivity index (χ3v) is 3.63. The van der Waals surface area contributed by atoms with Gasteiger partial charge in [-0.25, -0.2) is 0 Å². The lowest BCUT2D eigenvalue weighted by molar-refractivity contribution is -0.384. The minimum Gasteiger partial charge on any atom is -0.493 e. The second-order valence-electron chi connectivity index (χ2n) is 5.08. The first kappa shape index (κ1) is 17.8. The number of hydrazine groups is 1. The van der Waals surface area contributed by atoms with Crippen molar-refractivity contribution in [2.24, 2.45) is 5.41 Å². The van der Waals surface area contributed by atoms with Crippen molar-refractivity contribution in [2.75, 3.05) is 25.5 Å². The number of alkyl halides is 1. The third kappa shape index (κ3) is 3.91. The molecule has 9 heteroatoms. The van der Waals surface area contributed by atoms with E-state index >= 15 is 0 Å². The minimum atomic E-state index is -0.820. The van der Waals surface area contributed by atoms with Crippen molar-refractivity contribution in [2.45, 2.75) is 13.8 Å². The fourth-order valence-electron chi connectivity index (χ4n) is 1.47. The predicted octanol–water partition coefficient (Wildman–Crippen LogP) is 2.32. The van der Waals surface area contributed by atoms with Crippen LogP contribution in [0.2, 0.25) is 0 Å². The largest absolute Gasteiger partial charge is 0.493 e. The molecule has 0 saturated carbocycles. The number of nitrogens with one attached hydrogen (secondary N) is 2. The topological polar surface area (TPSA) is 103 Å². The monoisotopic (exact) mass is 331 g/mol.